The normalized spacial score (nSPS) is 35.6. The van der Waals surface area contributed by atoms with Gasteiger partial charge < -0.3 is 9.84 Å². The molecule has 0 bridgehead atoms. The maximum absolute atomic E-state index is 10.0. The third-order valence-electron chi connectivity index (χ3n) is 4.28. The highest BCUT2D eigenvalue weighted by molar-refractivity contribution is 4.90. The molecule has 0 aromatic rings. The van der Waals surface area contributed by atoms with Crippen molar-refractivity contribution in [3.63, 3.8) is 0 Å². The first-order chi connectivity index (χ1) is 8.26. The fourth-order valence-electron chi connectivity index (χ4n) is 3.17. The minimum Gasteiger partial charge on any atom is -0.391 e. The van der Waals surface area contributed by atoms with Crippen molar-refractivity contribution < 1.29 is 9.84 Å². The van der Waals surface area contributed by atoms with Gasteiger partial charge in [0.05, 0.1) is 18.8 Å². The van der Waals surface area contributed by atoms with Gasteiger partial charge in [-0.1, -0.05) is 13.8 Å². The molecule has 2 saturated heterocycles. The molecule has 4 nitrogen and oxygen atoms in total. The number of hydrogen-bond acceptors (Lipinski definition) is 4. The lowest BCUT2D eigenvalue weighted by Crippen LogP contribution is -2.50. The number of aliphatic hydroxyl groups is 1. The number of nitrogens with zero attached hydrogens (tertiary/aromatic N) is 2. The first-order valence-corrected chi connectivity index (χ1v) is 7.00. The van der Waals surface area contributed by atoms with Gasteiger partial charge in [0.25, 0.3) is 0 Å². The van der Waals surface area contributed by atoms with E-state index < -0.39 is 0 Å². The predicted molar refractivity (Wildman–Crippen MR) is 68.1 cm³/mol. The van der Waals surface area contributed by atoms with E-state index in [1.165, 1.54) is 6.42 Å². The number of hydrogen-bond donors (Lipinski definition) is 1. The van der Waals surface area contributed by atoms with Crippen LogP contribution in [0.1, 0.15) is 26.7 Å². The molecule has 2 fully saturated rings. The van der Waals surface area contributed by atoms with Gasteiger partial charge >= 0.3 is 0 Å². The average molecular weight is 242 g/mol. The lowest BCUT2D eigenvalue weighted by molar-refractivity contribution is -0.0563. The maximum Gasteiger partial charge on any atom is 0.0739 e. The van der Waals surface area contributed by atoms with Crippen LogP contribution in [0.3, 0.4) is 0 Å². The molecule has 0 saturated carbocycles. The Hall–Kier alpha value is -0.160. The lowest BCUT2D eigenvalue weighted by atomic mass is 10.1. The first-order valence-electron chi connectivity index (χ1n) is 7.00. The van der Waals surface area contributed by atoms with Gasteiger partial charge in [-0.25, -0.2) is 0 Å². The minimum absolute atomic E-state index is 0.195. The molecule has 2 aliphatic heterocycles. The monoisotopic (exact) mass is 242 g/mol. The Labute approximate surface area is 105 Å². The zero-order valence-corrected chi connectivity index (χ0v) is 11.1. The fourth-order valence-corrected chi connectivity index (χ4v) is 3.17. The minimum atomic E-state index is -0.195. The van der Waals surface area contributed by atoms with Gasteiger partial charge in [-0.05, 0) is 25.9 Å². The van der Waals surface area contributed by atoms with E-state index in [4.69, 9.17) is 4.74 Å². The van der Waals surface area contributed by atoms with Crippen molar-refractivity contribution >= 4 is 0 Å². The van der Waals surface area contributed by atoms with Crippen molar-refractivity contribution in [1.82, 2.24) is 9.80 Å². The fraction of sp³-hybridized carbons (Fsp3) is 1.00. The molecular weight excluding hydrogens is 216 g/mol. The molecule has 0 amide bonds. The molecule has 0 radical (unpaired) electrons. The van der Waals surface area contributed by atoms with Crippen LogP contribution in [0.15, 0.2) is 0 Å². The van der Waals surface area contributed by atoms with Crippen LogP contribution in [0.2, 0.25) is 0 Å². The second-order valence-electron chi connectivity index (χ2n) is 5.16. The number of rotatable bonds is 4. The Balaban J connectivity index is 1.88. The zero-order valence-electron chi connectivity index (χ0n) is 11.1. The number of likely N-dealkylation sites (N-methyl/N-ethyl adjacent to an activating group) is 1. The summed E-state index contributed by atoms with van der Waals surface area (Å²) < 4.78 is 5.50. The van der Waals surface area contributed by atoms with Crippen LogP contribution in [-0.4, -0.2) is 72.5 Å². The van der Waals surface area contributed by atoms with E-state index in [9.17, 15) is 5.11 Å². The molecule has 3 atom stereocenters. The molecule has 2 rings (SSSR count). The Morgan fingerprint density at radius 2 is 2.06 bits per heavy atom. The van der Waals surface area contributed by atoms with Crippen molar-refractivity contribution in [1.29, 1.82) is 0 Å². The molecule has 100 valence electrons. The lowest BCUT2D eigenvalue weighted by Gasteiger charge is -2.35. The van der Waals surface area contributed by atoms with Gasteiger partial charge in [-0.15, -0.1) is 0 Å². The second kappa shape index (κ2) is 6.14. The quantitative estimate of drug-likeness (QED) is 0.781. The summed E-state index contributed by atoms with van der Waals surface area (Å²) in [7, 11) is 0. The summed E-state index contributed by atoms with van der Waals surface area (Å²) in [6.07, 6.45) is 1.82. The van der Waals surface area contributed by atoms with Gasteiger partial charge in [0.15, 0.2) is 0 Å². The van der Waals surface area contributed by atoms with E-state index in [0.717, 1.165) is 32.6 Å². The summed E-state index contributed by atoms with van der Waals surface area (Å²) in [5.74, 6) is 0. The zero-order chi connectivity index (χ0) is 12.3. The molecule has 0 spiro atoms. The molecule has 4 heteroatoms. The summed E-state index contributed by atoms with van der Waals surface area (Å²) >= 11 is 0. The topological polar surface area (TPSA) is 35.9 Å². The van der Waals surface area contributed by atoms with Crippen LogP contribution in [0, 0.1) is 0 Å². The van der Waals surface area contributed by atoms with E-state index >= 15 is 0 Å². The van der Waals surface area contributed by atoms with Crippen LogP contribution in [-0.2, 0) is 4.74 Å². The SMILES string of the molecule is CCN(CC)C1CCN(C2COCCC2O)C1. The van der Waals surface area contributed by atoms with Crippen molar-refractivity contribution in [2.75, 3.05) is 39.4 Å². The highest BCUT2D eigenvalue weighted by Gasteiger charge is 2.35. The van der Waals surface area contributed by atoms with Gasteiger partial charge in [0.2, 0.25) is 0 Å². The number of likely N-dealkylation sites (tertiary alicyclic amines) is 1. The van der Waals surface area contributed by atoms with E-state index in [2.05, 4.69) is 23.6 Å². The van der Waals surface area contributed by atoms with Crippen LogP contribution in [0.4, 0.5) is 0 Å². The summed E-state index contributed by atoms with van der Waals surface area (Å²) in [6.45, 7) is 10.3. The number of ether oxygens (including phenoxy) is 1. The van der Waals surface area contributed by atoms with Gasteiger partial charge in [0.1, 0.15) is 0 Å². The molecule has 17 heavy (non-hydrogen) atoms. The molecule has 0 aliphatic carbocycles. The molecule has 1 N–H and O–H groups in total. The van der Waals surface area contributed by atoms with E-state index in [0.29, 0.717) is 19.3 Å². The largest absolute Gasteiger partial charge is 0.391 e. The standard InChI is InChI=1S/C13H26N2O2/c1-3-14(4-2)11-5-7-15(9-11)12-10-17-8-6-13(12)16/h11-13,16H,3-10H2,1-2H3. The molecular formula is C13H26N2O2. The molecule has 3 unspecified atom stereocenters. The van der Waals surface area contributed by atoms with Crippen molar-refractivity contribution in [2.45, 2.75) is 44.9 Å². The molecule has 2 aliphatic rings. The second-order valence-corrected chi connectivity index (χ2v) is 5.16. The Kier molecular flexibility index (Phi) is 4.79. The Morgan fingerprint density at radius 3 is 2.71 bits per heavy atom. The molecule has 2 heterocycles. The third-order valence-corrected chi connectivity index (χ3v) is 4.28. The van der Waals surface area contributed by atoms with Crippen LogP contribution >= 0.6 is 0 Å². The summed E-state index contributed by atoms with van der Waals surface area (Å²) in [5.41, 5.74) is 0. The van der Waals surface area contributed by atoms with Crippen LogP contribution in [0.5, 0.6) is 0 Å². The van der Waals surface area contributed by atoms with Gasteiger partial charge in [0, 0.05) is 25.7 Å². The van der Waals surface area contributed by atoms with E-state index in [-0.39, 0.29) is 12.1 Å². The summed E-state index contributed by atoms with van der Waals surface area (Å²) in [6, 6.07) is 0.892. The van der Waals surface area contributed by atoms with E-state index in [1.807, 2.05) is 0 Å². The molecule has 0 aromatic heterocycles. The van der Waals surface area contributed by atoms with Crippen molar-refractivity contribution in [3.8, 4) is 0 Å². The average Bonchev–Trinajstić information content (AvgIpc) is 2.81. The van der Waals surface area contributed by atoms with Crippen LogP contribution < -0.4 is 0 Å². The van der Waals surface area contributed by atoms with Crippen molar-refractivity contribution in [2.24, 2.45) is 0 Å². The first kappa shape index (κ1) is 13.3. The van der Waals surface area contributed by atoms with Crippen molar-refractivity contribution in [3.05, 3.63) is 0 Å². The van der Waals surface area contributed by atoms with E-state index in [1.54, 1.807) is 0 Å². The maximum atomic E-state index is 10.0. The third kappa shape index (κ3) is 2.99. The smallest absolute Gasteiger partial charge is 0.0739 e. The summed E-state index contributed by atoms with van der Waals surface area (Å²) in [5, 5.41) is 10.0. The van der Waals surface area contributed by atoms with Gasteiger partial charge in [-0.3, -0.25) is 9.80 Å². The summed E-state index contributed by atoms with van der Waals surface area (Å²) in [4.78, 5) is 4.95. The predicted octanol–water partition coefficient (Wildman–Crippen LogP) is 0.552. The highest BCUT2D eigenvalue weighted by atomic mass is 16.5. The Bertz CT molecular complexity index is 233. The highest BCUT2D eigenvalue weighted by Crippen LogP contribution is 2.22. The molecule has 0 aromatic carbocycles. The van der Waals surface area contributed by atoms with Gasteiger partial charge in [-0.2, -0.15) is 0 Å². The van der Waals surface area contributed by atoms with Crippen LogP contribution in [0.25, 0.3) is 0 Å². The number of aliphatic hydroxyl groups excluding tert-OH is 1. The Morgan fingerprint density at radius 1 is 1.29 bits per heavy atom.